The maximum Gasteiger partial charge on any atom is 0.333 e. The summed E-state index contributed by atoms with van der Waals surface area (Å²) in [6.07, 6.45) is 7.12. The Balaban J connectivity index is 2.22. The van der Waals surface area contributed by atoms with Crippen LogP contribution < -0.4 is 0 Å². The van der Waals surface area contributed by atoms with E-state index in [4.69, 9.17) is 0 Å². The van der Waals surface area contributed by atoms with Gasteiger partial charge in [0.2, 0.25) is 0 Å². The second kappa shape index (κ2) is 6.01. The topological polar surface area (TPSA) is 66.8 Å². The summed E-state index contributed by atoms with van der Waals surface area (Å²) >= 11 is 0. The molecule has 0 radical (unpaired) electrons. The molecular weight excluding hydrogens is 208 g/mol. The molecule has 1 aliphatic heterocycles. The number of unbranched alkanes of at least 4 members (excludes halogenated alkanes) is 4. The van der Waals surface area contributed by atoms with Gasteiger partial charge in [-0.3, -0.25) is 0 Å². The molecule has 4 nitrogen and oxygen atoms in total. The maximum atomic E-state index is 10.8. The number of hydrogen-bond acceptors (Lipinski definition) is 4. The maximum absolute atomic E-state index is 10.8. The highest BCUT2D eigenvalue weighted by Gasteiger charge is 2.40. The number of cyclic esters (lactones) is 1. The van der Waals surface area contributed by atoms with E-state index in [1.54, 1.807) is 0 Å². The lowest BCUT2D eigenvalue weighted by Crippen LogP contribution is -2.41. The van der Waals surface area contributed by atoms with Crippen LogP contribution in [-0.4, -0.2) is 28.1 Å². The molecule has 1 heterocycles. The average Bonchev–Trinajstić information content (AvgIpc) is 2.59. The van der Waals surface area contributed by atoms with Crippen LogP contribution in [0.5, 0.6) is 0 Å². The van der Waals surface area contributed by atoms with Crippen molar-refractivity contribution in [1.29, 1.82) is 0 Å². The van der Waals surface area contributed by atoms with Crippen LogP contribution in [-0.2, 0) is 9.53 Å². The molecule has 0 saturated heterocycles. The van der Waals surface area contributed by atoms with Crippen molar-refractivity contribution < 1.29 is 19.7 Å². The van der Waals surface area contributed by atoms with Crippen LogP contribution in [0.3, 0.4) is 0 Å². The van der Waals surface area contributed by atoms with E-state index >= 15 is 0 Å². The van der Waals surface area contributed by atoms with Crippen molar-refractivity contribution in [2.75, 3.05) is 0 Å². The summed E-state index contributed by atoms with van der Waals surface area (Å²) in [6, 6.07) is 0. The van der Waals surface area contributed by atoms with Crippen LogP contribution in [0.4, 0.5) is 0 Å². The number of carbonyl (C=O) groups excluding carboxylic acids is 1. The van der Waals surface area contributed by atoms with Crippen LogP contribution in [0.1, 0.15) is 45.4 Å². The minimum atomic E-state index is -1.80. The molecule has 0 saturated carbocycles. The smallest absolute Gasteiger partial charge is 0.333 e. The highest BCUT2D eigenvalue weighted by atomic mass is 16.7. The lowest BCUT2D eigenvalue weighted by Gasteiger charge is -2.25. The molecule has 1 rings (SSSR count). The van der Waals surface area contributed by atoms with Crippen LogP contribution >= 0.6 is 0 Å². The minimum absolute atomic E-state index is 0.442. The molecule has 92 valence electrons. The van der Waals surface area contributed by atoms with Gasteiger partial charge in [-0.2, -0.15) is 0 Å². The molecule has 0 aliphatic carbocycles. The Morgan fingerprint density at radius 3 is 2.62 bits per heavy atom. The minimum Gasteiger partial charge on any atom is -0.423 e. The molecule has 2 N–H and O–H groups in total. The summed E-state index contributed by atoms with van der Waals surface area (Å²) in [6.45, 7) is 2.14. The summed E-state index contributed by atoms with van der Waals surface area (Å²) in [5.74, 6) is -2.41. The third kappa shape index (κ3) is 3.61. The first-order valence-corrected chi connectivity index (χ1v) is 5.91. The van der Waals surface area contributed by atoms with Crippen LogP contribution in [0.2, 0.25) is 0 Å². The molecule has 4 heteroatoms. The fourth-order valence-corrected chi connectivity index (χ4v) is 1.74. The van der Waals surface area contributed by atoms with Gasteiger partial charge in [0.1, 0.15) is 6.10 Å². The van der Waals surface area contributed by atoms with E-state index in [0.717, 1.165) is 25.3 Å². The van der Waals surface area contributed by atoms with Crippen molar-refractivity contribution in [2.24, 2.45) is 0 Å². The van der Waals surface area contributed by atoms with Gasteiger partial charge in [0.25, 0.3) is 5.79 Å². The lowest BCUT2D eigenvalue weighted by atomic mass is 10.0. The van der Waals surface area contributed by atoms with Crippen molar-refractivity contribution >= 4 is 5.97 Å². The van der Waals surface area contributed by atoms with E-state index in [1.807, 2.05) is 0 Å². The number of hydrogen-bond donors (Lipinski definition) is 2. The Morgan fingerprint density at radius 2 is 2.06 bits per heavy atom. The standard InChI is InChI=1S/C12H20O4/c1-2-3-4-5-6-7-10(13)12(15)9-8-11(14)16-12/h8-10,13,15H,2-7H2,1H3. The zero-order valence-corrected chi connectivity index (χ0v) is 9.69. The van der Waals surface area contributed by atoms with Crippen LogP contribution in [0, 0.1) is 0 Å². The molecule has 0 amide bonds. The second-order valence-electron chi connectivity index (χ2n) is 4.22. The SMILES string of the molecule is CCCCCCCC(O)C1(O)C=CC(=O)O1. The molecular formula is C12H20O4. The molecule has 2 atom stereocenters. The fourth-order valence-electron chi connectivity index (χ4n) is 1.74. The van der Waals surface area contributed by atoms with Crippen molar-refractivity contribution in [3.8, 4) is 0 Å². The molecule has 0 aromatic rings. The predicted octanol–water partition coefficient (Wildman–Crippen LogP) is 1.51. The highest BCUT2D eigenvalue weighted by Crippen LogP contribution is 2.24. The van der Waals surface area contributed by atoms with E-state index in [0.29, 0.717) is 6.42 Å². The first-order valence-electron chi connectivity index (χ1n) is 5.91. The second-order valence-corrected chi connectivity index (χ2v) is 4.22. The van der Waals surface area contributed by atoms with Gasteiger partial charge in [0.15, 0.2) is 0 Å². The zero-order chi connectivity index (χ0) is 12.0. The molecule has 0 fully saturated rings. The van der Waals surface area contributed by atoms with Crippen molar-refractivity contribution in [1.82, 2.24) is 0 Å². The molecule has 0 aromatic carbocycles. The van der Waals surface area contributed by atoms with Crippen molar-refractivity contribution in [3.63, 3.8) is 0 Å². The lowest BCUT2D eigenvalue weighted by molar-refractivity contribution is -0.212. The van der Waals surface area contributed by atoms with Gasteiger partial charge in [-0.05, 0) is 12.5 Å². The molecule has 0 bridgehead atoms. The number of aliphatic hydroxyl groups excluding tert-OH is 1. The van der Waals surface area contributed by atoms with E-state index < -0.39 is 17.9 Å². The fraction of sp³-hybridized carbons (Fsp3) is 0.750. The Bertz CT molecular complexity index is 262. The average molecular weight is 228 g/mol. The summed E-state index contributed by atoms with van der Waals surface area (Å²) < 4.78 is 4.64. The van der Waals surface area contributed by atoms with Gasteiger partial charge in [-0.15, -0.1) is 0 Å². The van der Waals surface area contributed by atoms with Crippen molar-refractivity contribution in [3.05, 3.63) is 12.2 Å². The molecule has 1 aliphatic rings. The van der Waals surface area contributed by atoms with E-state index in [1.165, 1.54) is 18.9 Å². The number of ether oxygens (including phenoxy) is 1. The summed E-state index contributed by atoms with van der Waals surface area (Å²) in [4.78, 5) is 10.8. The number of carbonyl (C=O) groups is 1. The third-order valence-corrected chi connectivity index (χ3v) is 2.78. The first kappa shape index (κ1) is 13.2. The monoisotopic (exact) mass is 228 g/mol. The van der Waals surface area contributed by atoms with Crippen LogP contribution in [0.15, 0.2) is 12.2 Å². The van der Waals surface area contributed by atoms with Gasteiger partial charge in [-0.1, -0.05) is 39.0 Å². The van der Waals surface area contributed by atoms with Gasteiger partial charge < -0.3 is 14.9 Å². The molecule has 0 aromatic heterocycles. The van der Waals surface area contributed by atoms with E-state index in [2.05, 4.69) is 11.7 Å². The zero-order valence-electron chi connectivity index (χ0n) is 9.69. The van der Waals surface area contributed by atoms with Crippen molar-refractivity contribution in [2.45, 2.75) is 57.3 Å². The molecule has 2 unspecified atom stereocenters. The molecule has 16 heavy (non-hydrogen) atoms. The quantitative estimate of drug-likeness (QED) is 0.512. The van der Waals surface area contributed by atoms with Gasteiger partial charge in [-0.25, -0.2) is 4.79 Å². The normalized spacial score (nSPS) is 25.8. The van der Waals surface area contributed by atoms with Gasteiger partial charge >= 0.3 is 5.97 Å². The summed E-state index contributed by atoms with van der Waals surface area (Å²) in [5.41, 5.74) is 0. The largest absolute Gasteiger partial charge is 0.423 e. The Labute approximate surface area is 95.9 Å². The Kier molecular flexibility index (Phi) is 4.96. The van der Waals surface area contributed by atoms with Gasteiger partial charge in [0.05, 0.1) is 0 Å². The van der Waals surface area contributed by atoms with E-state index in [-0.39, 0.29) is 0 Å². The van der Waals surface area contributed by atoms with Gasteiger partial charge in [0, 0.05) is 6.08 Å². The Morgan fingerprint density at radius 1 is 1.38 bits per heavy atom. The Hall–Kier alpha value is -0.870. The third-order valence-electron chi connectivity index (χ3n) is 2.78. The van der Waals surface area contributed by atoms with Crippen LogP contribution in [0.25, 0.3) is 0 Å². The number of aliphatic hydroxyl groups is 2. The molecule has 0 spiro atoms. The number of esters is 1. The number of rotatable bonds is 7. The highest BCUT2D eigenvalue weighted by molar-refractivity contribution is 5.84. The summed E-state index contributed by atoms with van der Waals surface area (Å²) in [5, 5.41) is 19.5. The predicted molar refractivity (Wildman–Crippen MR) is 59.6 cm³/mol. The summed E-state index contributed by atoms with van der Waals surface area (Å²) in [7, 11) is 0. The van der Waals surface area contributed by atoms with E-state index in [9.17, 15) is 15.0 Å². The first-order chi connectivity index (χ1) is 7.58.